The van der Waals surface area contributed by atoms with Gasteiger partial charge in [-0.3, -0.25) is 0 Å². The van der Waals surface area contributed by atoms with E-state index in [0.717, 1.165) is 0 Å². The average molecular weight is 1540 g/mol. The Morgan fingerprint density at radius 1 is 0.248 bits per heavy atom. The molecule has 0 aliphatic carbocycles. The molecule has 9 rings (SSSR count). The van der Waals surface area contributed by atoms with E-state index in [9.17, 15) is 137 Å². The highest BCUT2D eigenvalue weighted by atomic mass is 16.8. The summed E-state index contributed by atoms with van der Waals surface area (Å²) in [4.78, 5) is 50.7. The van der Waals surface area contributed by atoms with Crippen LogP contribution in [0.5, 0.6) is 0 Å². The van der Waals surface area contributed by atoms with E-state index in [1.807, 2.05) is 0 Å². The third-order valence-corrected chi connectivity index (χ3v) is 19.2. The van der Waals surface area contributed by atoms with E-state index in [0.29, 0.717) is 0 Å². The van der Waals surface area contributed by atoms with Gasteiger partial charge in [0.25, 0.3) is 0 Å². The summed E-state index contributed by atoms with van der Waals surface area (Å²) in [5.41, 5.74) is 30.6. The number of carbonyl (C=O) groups is 4. The molecule has 18 unspecified atom stereocenters. The first-order chi connectivity index (χ1) is 49.5. The standard InChI is InChI=1S/C55H91N5O45/c1-88-47-13(57)19(68)31(8(3-62)90-47)94-52-28(77)24(73)36(40(103-52)44(82)83)99-49-15(59)21(70)33(10(5-64)92-49)96-54-30(79)26(75)38(42(105-54)46(86)87)101-51-16(60)22(71)34(11(6-65)93-51)97-55-29(78)25(74)37(41(104-55)45(84)85)100-50-14(58)20(69)32(9(4-63)91-50)95-53-27(76)23(72)35(39(102-53)43(80)81)98-48-12(56)18(67)17(66)7(2-61)89-48/h7-42,47-55,61-79H,2-6,56-60H2,1H3,(H,80,81)(H,82,83)(H,84,85)(H,86,87)/t7?,8?,9?,10?,11?,12?,13?,14?,15?,16?,17-,18-,19-,20-,21-,22-,23-,24-,25-,26-,27?,28?,29?,30?,31-,32-,33-,34-,35+,36+,37+,38+,39?,40?,41?,42?,47+,48-,49-,50-,51-,52-,53-,54-,55-/m1/s1. The van der Waals surface area contributed by atoms with Gasteiger partial charge in [-0.25, -0.2) is 19.2 Å². The Morgan fingerprint density at radius 2 is 0.438 bits per heavy atom. The van der Waals surface area contributed by atoms with Crippen LogP contribution in [0.15, 0.2) is 0 Å². The second kappa shape index (κ2) is 35.7. The van der Waals surface area contributed by atoms with Gasteiger partial charge in [0.05, 0.1) is 63.2 Å². The molecule has 45 atom stereocenters. The number of methoxy groups -OCH3 is 1. The predicted molar refractivity (Wildman–Crippen MR) is 314 cm³/mol. The van der Waals surface area contributed by atoms with Crippen LogP contribution in [0.2, 0.25) is 0 Å². The quantitative estimate of drug-likeness (QED) is 0.0382. The maximum atomic E-state index is 12.8. The topological polar surface area (TPSA) is 830 Å². The van der Waals surface area contributed by atoms with Crippen molar-refractivity contribution in [2.45, 2.75) is 276 Å². The fraction of sp³-hybridized carbons (Fsp3) is 0.927. The first-order valence-corrected chi connectivity index (χ1v) is 32.4. The van der Waals surface area contributed by atoms with Gasteiger partial charge in [-0.2, -0.15) is 0 Å². The molecule has 0 aromatic carbocycles. The Balaban J connectivity index is 0.796. The number of hydrogen-bond donors (Lipinski definition) is 28. The summed E-state index contributed by atoms with van der Waals surface area (Å²) in [7, 11) is 1.19. The molecule has 0 saturated carbocycles. The molecule has 0 aromatic rings. The number of carboxylic acids is 4. The molecule has 9 saturated heterocycles. The Bertz CT molecular complexity index is 2840. The molecule has 50 nitrogen and oxygen atoms in total. The van der Waals surface area contributed by atoms with Gasteiger partial charge in [0.1, 0.15) is 165 Å². The average Bonchev–Trinajstić information content (AvgIpc) is 0.771. The number of aliphatic hydroxyl groups excluding tert-OH is 19. The van der Waals surface area contributed by atoms with Crippen LogP contribution in [0.25, 0.3) is 0 Å². The maximum Gasteiger partial charge on any atom is 0.335 e. The first-order valence-electron chi connectivity index (χ1n) is 32.4. The number of rotatable bonds is 26. The van der Waals surface area contributed by atoms with Crippen molar-refractivity contribution in [2.75, 3.05) is 40.1 Å². The molecule has 9 fully saturated rings. The zero-order valence-corrected chi connectivity index (χ0v) is 54.7. The van der Waals surface area contributed by atoms with E-state index < -0.39 is 333 Å². The second-order valence-electron chi connectivity index (χ2n) is 26.0. The van der Waals surface area contributed by atoms with Crippen LogP contribution in [0, 0.1) is 0 Å². The fourth-order valence-corrected chi connectivity index (χ4v) is 13.3. The van der Waals surface area contributed by atoms with Crippen LogP contribution in [0.4, 0.5) is 0 Å². The van der Waals surface area contributed by atoms with Crippen molar-refractivity contribution in [3.8, 4) is 0 Å². The summed E-state index contributed by atoms with van der Waals surface area (Å²) in [5, 5.41) is 248. The molecule has 0 amide bonds. The summed E-state index contributed by atoms with van der Waals surface area (Å²) < 4.78 is 99.8. The van der Waals surface area contributed by atoms with Gasteiger partial charge in [0, 0.05) is 7.11 Å². The normalized spacial score (nSPS) is 51.5. The van der Waals surface area contributed by atoms with Gasteiger partial charge in [0.2, 0.25) is 0 Å². The van der Waals surface area contributed by atoms with Crippen molar-refractivity contribution in [2.24, 2.45) is 28.7 Å². The summed E-state index contributed by atoms with van der Waals surface area (Å²) in [6.07, 6.45) is -83.5. The van der Waals surface area contributed by atoms with Gasteiger partial charge in [-0.15, -0.1) is 0 Å². The van der Waals surface area contributed by atoms with Gasteiger partial charge in [-0.05, 0) is 0 Å². The summed E-state index contributed by atoms with van der Waals surface area (Å²) in [6, 6.07) is -8.77. The van der Waals surface area contributed by atoms with Crippen LogP contribution in [0.1, 0.15) is 0 Å². The monoisotopic (exact) mass is 1540 g/mol. The van der Waals surface area contributed by atoms with E-state index in [1.165, 1.54) is 7.11 Å². The van der Waals surface area contributed by atoms with Crippen molar-refractivity contribution in [1.82, 2.24) is 0 Å². The third-order valence-electron chi connectivity index (χ3n) is 19.2. The summed E-state index contributed by atoms with van der Waals surface area (Å²) in [6.45, 7) is -5.22. The van der Waals surface area contributed by atoms with Gasteiger partial charge >= 0.3 is 23.9 Å². The molecule has 0 aromatic heterocycles. The molecular weight excluding hydrogens is 1450 g/mol. The number of aliphatic hydroxyl groups is 19. The molecule has 33 N–H and O–H groups in total. The van der Waals surface area contributed by atoms with E-state index in [1.54, 1.807) is 0 Å². The van der Waals surface area contributed by atoms with Crippen molar-refractivity contribution < 1.29 is 222 Å². The van der Waals surface area contributed by atoms with Crippen molar-refractivity contribution >= 4 is 23.9 Å². The highest BCUT2D eigenvalue weighted by Crippen LogP contribution is 2.39. The lowest BCUT2D eigenvalue weighted by Crippen LogP contribution is -2.70. The van der Waals surface area contributed by atoms with Crippen molar-refractivity contribution in [3.05, 3.63) is 0 Å². The molecule has 9 aliphatic rings. The number of nitrogens with two attached hydrogens (primary N) is 5. The SMILES string of the molecule is CO[C@H]1OC(CO)[C@@H](O[C@@H]2OC(C(=O)O)[C@@H](O[C@H]3OC(CO)[C@@H](O[C@@H]4OC(C(=O)O)[C@@H](O[C@H]5OC(CO)[C@@H](O[C@@H]6OC(C(=O)O)[C@@H](O[C@H]7OC(CO)[C@@H](O[C@@H]8OC(C(=O)O)[C@@H](O[C@H]9OC(CO)[C@@H](O)[C@H](O)C9N)[C@H](O)C8O)[C@H](O)C7N)[C@H](O)C6O)[C@H](O)C5N)[C@H](O)C4O)[C@H](O)C3N)[C@H](O)C2O)[C@H](O)C1N. The Hall–Kier alpha value is -3.80. The van der Waals surface area contributed by atoms with E-state index in [2.05, 4.69) is 0 Å². The van der Waals surface area contributed by atoms with Crippen LogP contribution < -0.4 is 28.7 Å². The van der Waals surface area contributed by atoms with E-state index in [-0.39, 0.29) is 0 Å². The zero-order chi connectivity index (χ0) is 77.6. The lowest BCUT2D eigenvalue weighted by molar-refractivity contribution is -0.381. The minimum atomic E-state index is -2.45. The fourth-order valence-electron chi connectivity index (χ4n) is 13.3. The maximum absolute atomic E-state index is 12.8. The predicted octanol–water partition coefficient (Wildman–Crippen LogP) is -19.8. The number of hydrogen-bond acceptors (Lipinski definition) is 46. The Labute approximate surface area is 589 Å². The third kappa shape index (κ3) is 17.3. The molecule has 50 heteroatoms. The Kier molecular flexibility index (Phi) is 29.0. The molecule has 606 valence electrons. The lowest BCUT2D eigenvalue weighted by atomic mass is 9.94. The number of aliphatic carboxylic acids is 4. The summed E-state index contributed by atoms with van der Waals surface area (Å²) >= 11 is 0. The largest absolute Gasteiger partial charge is 0.479 e. The number of ether oxygens (including phenoxy) is 18. The first kappa shape index (κ1) is 85.2. The van der Waals surface area contributed by atoms with Crippen LogP contribution in [0.3, 0.4) is 0 Å². The van der Waals surface area contributed by atoms with Crippen LogP contribution in [-0.2, 0) is 104 Å². The van der Waals surface area contributed by atoms with E-state index >= 15 is 0 Å². The van der Waals surface area contributed by atoms with E-state index in [4.69, 9.17) is 114 Å². The molecule has 0 spiro atoms. The van der Waals surface area contributed by atoms with Gasteiger partial charge in [0.15, 0.2) is 81.0 Å². The molecule has 9 aliphatic heterocycles. The van der Waals surface area contributed by atoms with Crippen molar-refractivity contribution in [3.63, 3.8) is 0 Å². The second-order valence-corrected chi connectivity index (χ2v) is 26.0. The molecule has 105 heavy (non-hydrogen) atoms. The zero-order valence-electron chi connectivity index (χ0n) is 54.7. The Morgan fingerprint density at radius 3 is 0.648 bits per heavy atom. The molecule has 0 bridgehead atoms. The smallest absolute Gasteiger partial charge is 0.335 e. The van der Waals surface area contributed by atoms with Gasteiger partial charge in [-0.1, -0.05) is 0 Å². The number of carboxylic acid groups (broad SMARTS) is 4. The molecule has 9 heterocycles. The minimum Gasteiger partial charge on any atom is -0.479 e. The highest BCUT2D eigenvalue weighted by molar-refractivity contribution is 5.75. The van der Waals surface area contributed by atoms with Crippen LogP contribution >= 0.6 is 0 Å². The summed E-state index contributed by atoms with van der Waals surface area (Å²) in [5.74, 6) is -7.68. The molecular formula is C55H91N5O45. The molecule has 0 radical (unpaired) electrons. The lowest BCUT2D eigenvalue weighted by Gasteiger charge is -2.50. The van der Waals surface area contributed by atoms with Gasteiger partial charge < -0.3 is 231 Å². The van der Waals surface area contributed by atoms with Crippen molar-refractivity contribution in [1.29, 1.82) is 0 Å². The minimum absolute atomic E-state index is 0.825. The van der Waals surface area contributed by atoms with Crippen LogP contribution in [-0.4, -0.2) is 458 Å². The highest BCUT2D eigenvalue weighted by Gasteiger charge is 2.62.